The number of nitrogens with one attached hydrogen (secondary N) is 1. The number of hydrogen-bond acceptors (Lipinski definition) is 7. The Morgan fingerprint density at radius 1 is 1.23 bits per heavy atom. The summed E-state index contributed by atoms with van der Waals surface area (Å²) in [6.45, 7) is 1.42. The highest BCUT2D eigenvalue weighted by molar-refractivity contribution is 7.92. The second-order valence-electron chi connectivity index (χ2n) is 9.27. The summed E-state index contributed by atoms with van der Waals surface area (Å²) in [7, 11) is -3.94. The van der Waals surface area contributed by atoms with Crippen molar-refractivity contribution in [1.29, 1.82) is 0 Å². The SMILES string of the molecule is C[C@@](CCn1cc(F)c(-c2ccc(OCC3CCC(O)CC3)cc2)cc1=O)(C(=O)NO)S(C)(=O)=O. The monoisotopic (exact) mass is 510 g/mol. The summed E-state index contributed by atoms with van der Waals surface area (Å²) >= 11 is 0. The average molecular weight is 511 g/mol. The first-order chi connectivity index (χ1) is 16.4. The third kappa shape index (κ3) is 6.28. The molecule has 1 fully saturated rings. The maximum absolute atomic E-state index is 14.9. The highest BCUT2D eigenvalue weighted by atomic mass is 32.2. The molecular formula is C24H31FN2O7S. The molecule has 0 radical (unpaired) electrons. The van der Waals surface area contributed by atoms with Gasteiger partial charge in [-0.2, -0.15) is 0 Å². The minimum atomic E-state index is -3.94. The molecule has 1 aromatic carbocycles. The predicted octanol–water partition coefficient (Wildman–Crippen LogP) is 2.28. The zero-order valence-electron chi connectivity index (χ0n) is 19.7. The van der Waals surface area contributed by atoms with Crippen LogP contribution in [0.5, 0.6) is 5.75 Å². The zero-order chi connectivity index (χ0) is 25.8. The van der Waals surface area contributed by atoms with Crippen LogP contribution in [0.2, 0.25) is 0 Å². The molecule has 1 heterocycles. The van der Waals surface area contributed by atoms with Crippen LogP contribution in [-0.4, -0.2) is 52.9 Å². The molecule has 2 aromatic rings. The van der Waals surface area contributed by atoms with E-state index in [-0.39, 0.29) is 24.6 Å². The van der Waals surface area contributed by atoms with Crippen LogP contribution in [0.1, 0.15) is 39.0 Å². The number of hydroxylamine groups is 1. The van der Waals surface area contributed by atoms with E-state index >= 15 is 0 Å². The summed E-state index contributed by atoms with van der Waals surface area (Å²) in [6.07, 6.45) is 4.63. The molecule has 1 aromatic heterocycles. The van der Waals surface area contributed by atoms with Gasteiger partial charge in [0, 0.05) is 30.6 Å². The Kier molecular flexibility index (Phi) is 8.34. The van der Waals surface area contributed by atoms with Gasteiger partial charge < -0.3 is 14.4 Å². The molecular weight excluding hydrogens is 479 g/mol. The Hall–Kier alpha value is -2.76. The molecule has 9 nitrogen and oxygen atoms in total. The number of aliphatic hydroxyl groups is 1. The lowest BCUT2D eigenvalue weighted by atomic mass is 9.88. The topological polar surface area (TPSA) is 135 Å². The number of aryl methyl sites for hydroxylation is 1. The lowest BCUT2D eigenvalue weighted by Gasteiger charge is -2.25. The molecule has 1 amide bonds. The first-order valence-electron chi connectivity index (χ1n) is 11.4. The smallest absolute Gasteiger partial charge is 0.264 e. The van der Waals surface area contributed by atoms with Crippen molar-refractivity contribution in [1.82, 2.24) is 10.0 Å². The fraction of sp³-hybridized carbons (Fsp3) is 0.500. The first-order valence-corrected chi connectivity index (χ1v) is 13.3. The number of aromatic nitrogens is 1. The van der Waals surface area contributed by atoms with Gasteiger partial charge in [-0.25, -0.2) is 18.3 Å². The predicted molar refractivity (Wildman–Crippen MR) is 127 cm³/mol. The number of nitrogens with zero attached hydrogens (tertiary/aromatic N) is 1. The Morgan fingerprint density at radius 2 is 1.86 bits per heavy atom. The largest absolute Gasteiger partial charge is 0.493 e. The molecule has 0 bridgehead atoms. The third-order valence-corrected chi connectivity index (χ3v) is 8.80. The van der Waals surface area contributed by atoms with Crippen molar-refractivity contribution in [2.24, 2.45) is 5.92 Å². The van der Waals surface area contributed by atoms with Crippen LogP contribution in [0.15, 0.2) is 41.3 Å². The number of rotatable bonds is 9. The van der Waals surface area contributed by atoms with Crippen LogP contribution in [0.4, 0.5) is 4.39 Å². The Morgan fingerprint density at radius 3 is 2.43 bits per heavy atom. The number of aliphatic hydroxyl groups excluding tert-OH is 1. The van der Waals surface area contributed by atoms with E-state index in [0.717, 1.165) is 55.7 Å². The first kappa shape index (κ1) is 26.8. The summed E-state index contributed by atoms with van der Waals surface area (Å²) in [5.74, 6) is -0.813. The van der Waals surface area contributed by atoms with Crippen molar-refractivity contribution in [2.75, 3.05) is 12.9 Å². The molecule has 1 aliphatic rings. The van der Waals surface area contributed by atoms with Crippen molar-refractivity contribution >= 4 is 15.7 Å². The van der Waals surface area contributed by atoms with E-state index in [1.54, 1.807) is 24.3 Å². The molecule has 3 rings (SSSR count). The zero-order valence-corrected chi connectivity index (χ0v) is 20.6. The van der Waals surface area contributed by atoms with Crippen LogP contribution in [0, 0.1) is 11.7 Å². The molecule has 1 aliphatic carbocycles. The highest BCUT2D eigenvalue weighted by Gasteiger charge is 2.43. The van der Waals surface area contributed by atoms with Crippen molar-refractivity contribution < 1.29 is 32.7 Å². The van der Waals surface area contributed by atoms with Crippen LogP contribution >= 0.6 is 0 Å². The van der Waals surface area contributed by atoms with E-state index in [9.17, 15) is 27.5 Å². The molecule has 3 N–H and O–H groups in total. The number of carbonyl (C=O) groups is 1. The number of pyridine rings is 1. The minimum Gasteiger partial charge on any atom is -0.493 e. The molecule has 11 heteroatoms. The maximum Gasteiger partial charge on any atom is 0.264 e. The maximum atomic E-state index is 14.9. The van der Waals surface area contributed by atoms with Gasteiger partial charge in [-0.3, -0.25) is 14.8 Å². The third-order valence-electron chi connectivity index (χ3n) is 6.77. The van der Waals surface area contributed by atoms with Gasteiger partial charge in [0.05, 0.1) is 12.7 Å². The number of benzene rings is 1. The van der Waals surface area contributed by atoms with Gasteiger partial charge in [-0.15, -0.1) is 0 Å². The standard InChI is InChI=1S/C24H31FN2O7S/c1-24(23(30)26-31,35(2,32)33)11-12-27-14-21(25)20(13-22(27)29)17-5-9-19(10-6-17)34-15-16-3-7-18(28)8-4-16/h5-6,9-10,13-14,16,18,28,31H,3-4,7-8,11-12,15H2,1-2H3,(H,26,30)/t16?,18?,24-/m1/s1. The van der Waals surface area contributed by atoms with E-state index in [2.05, 4.69) is 0 Å². The van der Waals surface area contributed by atoms with E-state index in [1.165, 1.54) is 5.48 Å². The van der Waals surface area contributed by atoms with Crippen molar-refractivity contribution in [2.45, 2.75) is 56.4 Å². The quantitative estimate of drug-likeness (QED) is 0.348. The summed E-state index contributed by atoms with van der Waals surface area (Å²) in [5.41, 5.74) is 1.33. The number of ether oxygens (including phenoxy) is 1. The number of amides is 1. The summed E-state index contributed by atoms with van der Waals surface area (Å²) < 4.78 is 43.9. The molecule has 1 atom stereocenters. The Labute approximate surface area is 203 Å². The molecule has 0 spiro atoms. The van der Waals surface area contributed by atoms with Crippen LogP contribution in [-0.2, 0) is 21.2 Å². The minimum absolute atomic E-state index is 0.0815. The van der Waals surface area contributed by atoms with Gasteiger partial charge in [0.2, 0.25) is 0 Å². The number of halogens is 1. The van der Waals surface area contributed by atoms with E-state index < -0.39 is 31.9 Å². The molecule has 0 saturated heterocycles. The Balaban J connectivity index is 1.70. The number of hydrogen-bond donors (Lipinski definition) is 3. The summed E-state index contributed by atoms with van der Waals surface area (Å²) in [6, 6.07) is 7.80. The number of carbonyl (C=O) groups excluding carboxylic acids is 1. The highest BCUT2D eigenvalue weighted by Crippen LogP contribution is 2.28. The lowest BCUT2D eigenvalue weighted by Crippen LogP contribution is -2.50. The summed E-state index contributed by atoms with van der Waals surface area (Å²) in [5, 5.41) is 18.5. The van der Waals surface area contributed by atoms with Gasteiger partial charge >= 0.3 is 0 Å². The average Bonchev–Trinajstić information content (AvgIpc) is 2.83. The second-order valence-corrected chi connectivity index (χ2v) is 11.7. The molecule has 0 aliphatic heterocycles. The number of sulfone groups is 1. The van der Waals surface area contributed by atoms with Crippen LogP contribution in [0.3, 0.4) is 0 Å². The molecule has 35 heavy (non-hydrogen) atoms. The lowest BCUT2D eigenvalue weighted by molar-refractivity contribution is -0.131. The second kappa shape index (κ2) is 10.9. The van der Waals surface area contributed by atoms with Gasteiger partial charge in [-0.05, 0) is 62.6 Å². The summed E-state index contributed by atoms with van der Waals surface area (Å²) in [4.78, 5) is 24.5. The molecule has 192 valence electrons. The van der Waals surface area contributed by atoms with E-state index in [4.69, 9.17) is 9.94 Å². The van der Waals surface area contributed by atoms with Gasteiger partial charge in [0.25, 0.3) is 11.5 Å². The van der Waals surface area contributed by atoms with Crippen LogP contribution in [0.25, 0.3) is 11.1 Å². The van der Waals surface area contributed by atoms with Crippen molar-refractivity contribution in [3.63, 3.8) is 0 Å². The van der Waals surface area contributed by atoms with E-state index in [0.29, 0.717) is 23.8 Å². The fourth-order valence-electron chi connectivity index (χ4n) is 4.12. The molecule has 1 saturated carbocycles. The van der Waals surface area contributed by atoms with Crippen molar-refractivity contribution in [3.05, 3.63) is 52.7 Å². The van der Waals surface area contributed by atoms with Gasteiger partial charge in [0.1, 0.15) is 11.6 Å². The van der Waals surface area contributed by atoms with Gasteiger partial charge in [-0.1, -0.05) is 12.1 Å². The van der Waals surface area contributed by atoms with Gasteiger partial charge in [0.15, 0.2) is 14.6 Å². The van der Waals surface area contributed by atoms with Crippen LogP contribution < -0.4 is 15.8 Å². The fourth-order valence-corrected chi connectivity index (χ4v) is 4.96. The molecule has 0 unspecified atom stereocenters. The normalized spacial score (nSPS) is 20.1. The Bertz CT molecular complexity index is 1210. The van der Waals surface area contributed by atoms with E-state index in [1.807, 2.05) is 0 Å². The van der Waals surface area contributed by atoms with Crippen molar-refractivity contribution in [3.8, 4) is 16.9 Å².